The molecule has 0 aliphatic carbocycles. The fourth-order valence-corrected chi connectivity index (χ4v) is 0.406. The lowest BCUT2D eigenvalue weighted by atomic mass is 10.1. The van der Waals surface area contributed by atoms with Gasteiger partial charge < -0.3 is 4.79 Å². The summed E-state index contributed by atoms with van der Waals surface area (Å²) in [5.74, 6) is 5.91. The van der Waals surface area contributed by atoms with E-state index in [-0.39, 0.29) is 5.92 Å². The molecule has 0 aliphatic heterocycles. The summed E-state index contributed by atoms with van der Waals surface area (Å²) in [6, 6.07) is 0. The van der Waals surface area contributed by atoms with Crippen LogP contribution in [0.4, 0.5) is 0 Å². The van der Waals surface area contributed by atoms with E-state index >= 15 is 0 Å². The predicted octanol–water partition coefficient (Wildman–Crippen LogP) is 1.62. The second-order valence-corrected chi connectivity index (χ2v) is 2.02. The largest absolute Gasteiger partial charge is 0.303 e. The molecule has 0 unspecified atom stereocenters. The molecule has 9 heavy (non-hydrogen) atoms. The highest BCUT2D eigenvalue weighted by atomic mass is 16.1. The first-order valence-electron chi connectivity index (χ1n) is 3.22. The van der Waals surface area contributed by atoms with E-state index in [2.05, 4.69) is 11.8 Å². The molecular weight excluding hydrogens is 112 g/mol. The zero-order valence-electron chi connectivity index (χ0n) is 5.98. The van der Waals surface area contributed by atoms with Crippen LogP contribution in [0, 0.1) is 17.8 Å². The molecule has 0 fully saturated rings. The minimum Gasteiger partial charge on any atom is -0.303 e. The van der Waals surface area contributed by atoms with E-state index in [0.717, 1.165) is 12.7 Å². The summed E-state index contributed by atoms with van der Waals surface area (Å²) in [5.41, 5.74) is 0. The SMILES string of the molecule is CCC#CC[C@H](C)C=O. The summed E-state index contributed by atoms with van der Waals surface area (Å²) in [5, 5.41) is 0. The Morgan fingerprint density at radius 2 is 2.22 bits per heavy atom. The van der Waals surface area contributed by atoms with Crippen molar-refractivity contribution in [2.24, 2.45) is 5.92 Å². The summed E-state index contributed by atoms with van der Waals surface area (Å²) in [7, 11) is 0. The average Bonchev–Trinajstić information content (AvgIpc) is 1.89. The zero-order chi connectivity index (χ0) is 7.11. The van der Waals surface area contributed by atoms with Crippen molar-refractivity contribution < 1.29 is 4.79 Å². The molecule has 0 aromatic heterocycles. The van der Waals surface area contributed by atoms with Crippen LogP contribution in [0.15, 0.2) is 0 Å². The van der Waals surface area contributed by atoms with Gasteiger partial charge in [0.2, 0.25) is 0 Å². The molecule has 0 spiro atoms. The van der Waals surface area contributed by atoms with Crippen LogP contribution in [0.1, 0.15) is 26.7 Å². The highest BCUT2D eigenvalue weighted by Crippen LogP contribution is 1.93. The van der Waals surface area contributed by atoms with Gasteiger partial charge >= 0.3 is 0 Å². The normalized spacial score (nSPS) is 11.3. The van der Waals surface area contributed by atoms with E-state index in [4.69, 9.17) is 0 Å². The predicted molar refractivity (Wildman–Crippen MR) is 37.9 cm³/mol. The second-order valence-electron chi connectivity index (χ2n) is 2.02. The quantitative estimate of drug-likeness (QED) is 0.404. The summed E-state index contributed by atoms with van der Waals surface area (Å²) >= 11 is 0. The molecule has 0 aliphatic rings. The average molecular weight is 124 g/mol. The second kappa shape index (κ2) is 5.37. The topological polar surface area (TPSA) is 17.1 Å². The summed E-state index contributed by atoms with van der Waals surface area (Å²) < 4.78 is 0. The van der Waals surface area contributed by atoms with Crippen LogP contribution in [0.25, 0.3) is 0 Å². The maximum atomic E-state index is 10.0. The van der Waals surface area contributed by atoms with Crippen molar-refractivity contribution in [3.05, 3.63) is 0 Å². The zero-order valence-corrected chi connectivity index (χ0v) is 5.98. The first-order valence-corrected chi connectivity index (χ1v) is 3.22. The molecule has 0 heterocycles. The van der Waals surface area contributed by atoms with Crippen LogP contribution >= 0.6 is 0 Å². The molecule has 0 bridgehead atoms. The molecule has 0 saturated carbocycles. The Morgan fingerprint density at radius 1 is 1.56 bits per heavy atom. The molecular formula is C8H12O. The number of aldehydes is 1. The number of hydrogen-bond donors (Lipinski definition) is 0. The van der Waals surface area contributed by atoms with Crippen molar-refractivity contribution in [1.82, 2.24) is 0 Å². The van der Waals surface area contributed by atoms with Gasteiger partial charge in [0.15, 0.2) is 0 Å². The first-order chi connectivity index (χ1) is 4.31. The van der Waals surface area contributed by atoms with Gasteiger partial charge in [-0.25, -0.2) is 0 Å². The van der Waals surface area contributed by atoms with Gasteiger partial charge in [0.1, 0.15) is 6.29 Å². The van der Waals surface area contributed by atoms with Crippen molar-refractivity contribution in [2.75, 3.05) is 0 Å². The highest BCUT2D eigenvalue weighted by molar-refractivity contribution is 5.53. The van der Waals surface area contributed by atoms with Gasteiger partial charge in [-0.3, -0.25) is 0 Å². The number of carbonyl (C=O) groups is 1. The van der Waals surface area contributed by atoms with Gasteiger partial charge in [0.25, 0.3) is 0 Å². The Labute approximate surface area is 56.5 Å². The summed E-state index contributed by atoms with van der Waals surface area (Å²) in [4.78, 5) is 10.0. The Kier molecular flexibility index (Phi) is 4.91. The Hall–Kier alpha value is -0.770. The van der Waals surface area contributed by atoms with E-state index in [9.17, 15) is 4.79 Å². The minimum absolute atomic E-state index is 0.101. The van der Waals surface area contributed by atoms with Gasteiger partial charge in [0.05, 0.1) is 0 Å². The lowest BCUT2D eigenvalue weighted by Crippen LogP contribution is -1.91. The summed E-state index contributed by atoms with van der Waals surface area (Å²) in [6.45, 7) is 3.87. The van der Waals surface area contributed by atoms with Crippen LogP contribution in [0.2, 0.25) is 0 Å². The maximum absolute atomic E-state index is 10.0. The molecule has 0 saturated heterocycles. The molecule has 0 rings (SSSR count). The molecule has 1 atom stereocenters. The van der Waals surface area contributed by atoms with Gasteiger partial charge in [-0.15, -0.1) is 11.8 Å². The van der Waals surface area contributed by atoms with Crippen LogP contribution in [0.5, 0.6) is 0 Å². The maximum Gasteiger partial charge on any atom is 0.123 e. The van der Waals surface area contributed by atoms with E-state index in [1.165, 1.54) is 0 Å². The molecule has 0 radical (unpaired) electrons. The van der Waals surface area contributed by atoms with Crippen molar-refractivity contribution in [2.45, 2.75) is 26.7 Å². The molecule has 50 valence electrons. The standard InChI is InChI=1S/C8H12O/c1-3-4-5-6-8(2)7-9/h7-8H,3,6H2,1-2H3/t8-/m0/s1. The fourth-order valence-electron chi connectivity index (χ4n) is 0.406. The number of carbonyl (C=O) groups excluding carboxylic acids is 1. The van der Waals surface area contributed by atoms with Gasteiger partial charge in [-0.05, 0) is 0 Å². The third-order valence-electron chi connectivity index (χ3n) is 0.958. The molecule has 0 N–H and O–H groups in total. The number of rotatable bonds is 2. The summed E-state index contributed by atoms with van der Waals surface area (Å²) in [6.07, 6.45) is 2.52. The van der Waals surface area contributed by atoms with Crippen molar-refractivity contribution in [3.63, 3.8) is 0 Å². The van der Waals surface area contributed by atoms with Crippen molar-refractivity contribution in [1.29, 1.82) is 0 Å². The van der Waals surface area contributed by atoms with Gasteiger partial charge in [0, 0.05) is 18.8 Å². The van der Waals surface area contributed by atoms with Gasteiger partial charge in [-0.1, -0.05) is 13.8 Å². The highest BCUT2D eigenvalue weighted by Gasteiger charge is 1.92. The smallest absolute Gasteiger partial charge is 0.123 e. The van der Waals surface area contributed by atoms with Crippen LogP contribution < -0.4 is 0 Å². The van der Waals surface area contributed by atoms with Crippen molar-refractivity contribution in [3.8, 4) is 11.8 Å². The minimum atomic E-state index is 0.101. The van der Waals surface area contributed by atoms with E-state index in [1.54, 1.807) is 0 Å². The van der Waals surface area contributed by atoms with Crippen LogP contribution in [-0.2, 0) is 4.79 Å². The van der Waals surface area contributed by atoms with E-state index in [0.29, 0.717) is 6.42 Å². The monoisotopic (exact) mass is 124 g/mol. The van der Waals surface area contributed by atoms with E-state index in [1.807, 2.05) is 13.8 Å². The first kappa shape index (κ1) is 8.23. The Balaban J connectivity index is 3.36. The lowest BCUT2D eigenvalue weighted by molar-refractivity contribution is -0.110. The fraction of sp³-hybridized carbons (Fsp3) is 0.625. The molecule has 1 nitrogen and oxygen atoms in total. The van der Waals surface area contributed by atoms with Crippen molar-refractivity contribution >= 4 is 6.29 Å². The Morgan fingerprint density at radius 3 is 2.67 bits per heavy atom. The number of hydrogen-bond acceptors (Lipinski definition) is 1. The molecule has 0 aromatic carbocycles. The van der Waals surface area contributed by atoms with Crippen LogP contribution in [0.3, 0.4) is 0 Å². The molecule has 0 amide bonds. The third-order valence-corrected chi connectivity index (χ3v) is 0.958. The third kappa shape index (κ3) is 5.10. The van der Waals surface area contributed by atoms with Crippen LogP contribution in [-0.4, -0.2) is 6.29 Å². The Bertz CT molecular complexity index is 127. The molecule has 1 heteroatoms. The molecule has 0 aromatic rings. The lowest BCUT2D eigenvalue weighted by Gasteiger charge is -1.90. The van der Waals surface area contributed by atoms with E-state index < -0.39 is 0 Å². The van der Waals surface area contributed by atoms with Gasteiger partial charge in [-0.2, -0.15) is 0 Å².